The third-order valence-electron chi connectivity index (χ3n) is 0.917. The molecule has 0 aliphatic rings. The van der Waals surface area contributed by atoms with Crippen molar-refractivity contribution in [3.05, 3.63) is 24.2 Å². The maximum Gasteiger partial charge on any atom is 0.392 e. The normalized spacial score (nSPS) is 9.30. The Morgan fingerprint density at radius 2 is 2.60 bits per heavy atom. The van der Waals surface area contributed by atoms with E-state index in [1.54, 1.807) is 6.07 Å². The van der Waals surface area contributed by atoms with Crippen molar-refractivity contribution in [1.82, 2.24) is 5.48 Å². The van der Waals surface area contributed by atoms with Crippen LogP contribution >= 0.6 is 0 Å². The van der Waals surface area contributed by atoms with Crippen LogP contribution in [-0.4, -0.2) is 13.0 Å². The van der Waals surface area contributed by atoms with E-state index in [1.807, 2.05) is 0 Å². The molecule has 4 heteroatoms. The third-order valence-corrected chi connectivity index (χ3v) is 0.917. The van der Waals surface area contributed by atoms with Crippen molar-refractivity contribution in [2.45, 2.75) is 0 Å². The molecule has 0 saturated heterocycles. The fourth-order valence-electron chi connectivity index (χ4n) is 0.538. The summed E-state index contributed by atoms with van der Waals surface area (Å²) in [4.78, 5) is 15.1. The number of carbonyl (C=O) groups excluding carboxylic acids is 1. The van der Waals surface area contributed by atoms with Crippen LogP contribution in [0.25, 0.3) is 0 Å². The molecule has 54 valence electrons. The van der Waals surface area contributed by atoms with Crippen LogP contribution in [0.1, 0.15) is 10.6 Å². The Morgan fingerprint density at radius 1 is 1.80 bits per heavy atom. The topological polar surface area (TPSA) is 51.5 Å². The van der Waals surface area contributed by atoms with E-state index in [0.717, 1.165) is 0 Å². The van der Waals surface area contributed by atoms with Crippen molar-refractivity contribution < 1.29 is 14.0 Å². The first kappa shape index (κ1) is 6.82. The van der Waals surface area contributed by atoms with Gasteiger partial charge in [0.15, 0.2) is 0 Å². The van der Waals surface area contributed by atoms with Crippen LogP contribution in [-0.2, 0) is 4.84 Å². The fourth-order valence-corrected chi connectivity index (χ4v) is 0.538. The van der Waals surface area contributed by atoms with Crippen molar-refractivity contribution >= 4 is 5.97 Å². The smallest absolute Gasteiger partial charge is 0.392 e. The van der Waals surface area contributed by atoms with Crippen LogP contribution < -0.4 is 5.48 Å². The Labute approximate surface area is 57.7 Å². The summed E-state index contributed by atoms with van der Waals surface area (Å²) in [5, 5.41) is 0. The molecule has 0 aliphatic carbocycles. The minimum Gasteiger partial charge on any atom is -0.457 e. The van der Waals surface area contributed by atoms with Crippen molar-refractivity contribution in [2.24, 2.45) is 0 Å². The molecule has 0 saturated carbocycles. The summed E-state index contributed by atoms with van der Waals surface area (Å²) in [6.07, 6.45) is 1.41. The number of nitrogens with one attached hydrogen (secondary N) is 1. The molecular formula is C6H7NO3. The van der Waals surface area contributed by atoms with Gasteiger partial charge in [0.05, 0.1) is 6.26 Å². The fraction of sp³-hybridized carbons (Fsp3) is 0.167. The van der Waals surface area contributed by atoms with Gasteiger partial charge in [-0.2, -0.15) is 5.48 Å². The molecule has 1 N–H and O–H groups in total. The zero-order chi connectivity index (χ0) is 7.40. The van der Waals surface area contributed by atoms with Gasteiger partial charge >= 0.3 is 5.97 Å². The predicted octanol–water partition coefficient (Wildman–Crippen LogP) is 0.571. The summed E-state index contributed by atoms with van der Waals surface area (Å²) in [7, 11) is 1.50. The summed E-state index contributed by atoms with van der Waals surface area (Å²) in [5.41, 5.74) is 2.25. The number of carbonyl (C=O) groups is 1. The van der Waals surface area contributed by atoms with E-state index in [9.17, 15) is 4.79 Å². The Kier molecular flexibility index (Phi) is 2.07. The number of furan rings is 1. The van der Waals surface area contributed by atoms with E-state index in [1.165, 1.54) is 19.4 Å². The van der Waals surface area contributed by atoms with Crippen molar-refractivity contribution in [1.29, 1.82) is 0 Å². The van der Waals surface area contributed by atoms with Gasteiger partial charge in [0.25, 0.3) is 0 Å². The van der Waals surface area contributed by atoms with E-state index in [-0.39, 0.29) is 5.76 Å². The van der Waals surface area contributed by atoms with Gasteiger partial charge in [0.2, 0.25) is 5.76 Å². The van der Waals surface area contributed by atoms with E-state index < -0.39 is 5.97 Å². The first-order valence-electron chi connectivity index (χ1n) is 2.76. The van der Waals surface area contributed by atoms with Gasteiger partial charge in [-0.1, -0.05) is 0 Å². The minimum absolute atomic E-state index is 0.189. The second-order valence-electron chi connectivity index (χ2n) is 1.57. The summed E-state index contributed by atoms with van der Waals surface area (Å²) in [6, 6.07) is 3.14. The van der Waals surface area contributed by atoms with Gasteiger partial charge in [-0.05, 0) is 12.1 Å². The lowest BCUT2D eigenvalue weighted by Gasteiger charge is -1.95. The van der Waals surface area contributed by atoms with Crippen molar-refractivity contribution in [2.75, 3.05) is 7.05 Å². The molecule has 0 unspecified atom stereocenters. The molecule has 0 bridgehead atoms. The molecule has 1 rings (SSSR count). The number of rotatable bonds is 2. The van der Waals surface area contributed by atoms with Crippen molar-refractivity contribution in [3.8, 4) is 0 Å². The largest absolute Gasteiger partial charge is 0.457 e. The molecule has 0 amide bonds. The van der Waals surface area contributed by atoms with E-state index in [2.05, 4.69) is 10.3 Å². The second-order valence-corrected chi connectivity index (χ2v) is 1.57. The van der Waals surface area contributed by atoms with Crippen LogP contribution in [0.5, 0.6) is 0 Å². The van der Waals surface area contributed by atoms with Crippen molar-refractivity contribution in [3.63, 3.8) is 0 Å². The van der Waals surface area contributed by atoms with E-state index in [0.29, 0.717) is 0 Å². The van der Waals surface area contributed by atoms with Crippen LogP contribution in [0.15, 0.2) is 22.8 Å². The average Bonchev–Trinajstić information content (AvgIpc) is 2.38. The number of hydroxylamine groups is 1. The summed E-state index contributed by atoms with van der Waals surface area (Å²) < 4.78 is 4.73. The van der Waals surface area contributed by atoms with Crippen LogP contribution in [0, 0.1) is 0 Å². The maximum absolute atomic E-state index is 10.7. The lowest BCUT2D eigenvalue weighted by Crippen LogP contribution is -2.14. The first-order chi connectivity index (χ1) is 4.84. The van der Waals surface area contributed by atoms with Crippen LogP contribution in [0.2, 0.25) is 0 Å². The highest BCUT2D eigenvalue weighted by Crippen LogP contribution is 2.00. The minimum atomic E-state index is -0.521. The molecule has 1 aromatic heterocycles. The molecule has 0 spiro atoms. The third kappa shape index (κ3) is 1.35. The molecule has 0 atom stereocenters. The summed E-state index contributed by atoms with van der Waals surface area (Å²) >= 11 is 0. The maximum atomic E-state index is 10.7. The highest BCUT2D eigenvalue weighted by atomic mass is 16.7. The Hall–Kier alpha value is -1.29. The van der Waals surface area contributed by atoms with Gasteiger partial charge in [-0.15, -0.1) is 0 Å². The zero-order valence-electron chi connectivity index (χ0n) is 5.46. The van der Waals surface area contributed by atoms with Gasteiger partial charge in [-0.3, -0.25) is 0 Å². The monoisotopic (exact) mass is 141 g/mol. The average molecular weight is 141 g/mol. The van der Waals surface area contributed by atoms with E-state index >= 15 is 0 Å². The standard InChI is InChI=1S/C6H7NO3/c1-7-10-6(8)5-3-2-4-9-5/h2-4,7H,1H3. The Balaban J connectivity index is 2.59. The second kappa shape index (κ2) is 3.03. The molecule has 10 heavy (non-hydrogen) atoms. The highest BCUT2D eigenvalue weighted by molar-refractivity contribution is 5.85. The SMILES string of the molecule is CNOC(=O)c1ccco1. The molecule has 0 aromatic carbocycles. The number of hydrogen-bond donors (Lipinski definition) is 1. The highest BCUT2D eigenvalue weighted by Gasteiger charge is 2.07. The van der Waals surface area contributed by atoms with Gasteiger partial charge < -0.3 is 9.25 Å². The first-order valence-corrected chi connectivity index (χ1v) is 2.76. The predicted molar refractivity (Wildman–Crippen MR) is 33.2 cm³/mol. The summed E-state index contributed by atoms with van der Waals surface area (Å²) in [5.74, 6) is -0.332. The Morgan fingerprint density at radius 3 is 3.10 bits per heavy atom. The quantitative estimate of drug-likeness (QED) is 0.612. The molecule has 0 aliphatic heterocycles. The van der Waals surface area contributed by atoms with Gasteiger partial charge in [0, 0.05) is 7.05 Å². The lowest BCUT2D eigenvalue weighted by molar-refractivity contribution is 0.0273. The molecule has 4 nitrogen and oxygen atoms in total. The number of hydrogen-bond acceptors (Lipinski definition) is 4. The molecule has 1 aromatic rings. The molecule has 0 radical (unpaired) electrons. The van der Waals surface area contributed by atoms with Crippen LogP contribution in [0.4, 0.5) is 0 Å². The van der Waals surface area contributed by atoms with Crippen LogP contribution in [0.3, 0.4) is 0 Å². The zero-order valence-corrected chi connectivity index (χ0v) is 5.46. The molecular weight excluding hydrogens is 134 g/mol. The summed E-state index contributed by atoms with van der Waals surface area (Å²) in [6.45, 7) is 0. The Bertz CT molecular complexity index is 205. The van der Waals surface area contributed by atoms with Gasteiger partial charge in [0.1, 0.15) is 0 Å². The molecule has 0 fully saturated rings. The van der Waals surface area contributed by atoms with Gasteiger partial charge in [-0.25, -0.2) is 4.79 Å². The molecule has 1 heterocycles. The van der Waals surface area contributed by atoms with E-state index in [4.69, 9.17) is 4.42 Å². The lowest BCUT2D eigenvalue weighted by atomic mass is 10.5.